The van der Waals surface area contributed by atoms with Crippen molar-refractivity contribution in [2.45, 2.75) is 19.8 Å². The van der Waals surface area contributed by atoms with Crippen LogP contribution in [0.25, 0.3) is 11.5 Å². The minimum Gasteiger partial charge on any atom is -0.509 e. The Hall–Kier alpha value is -4.72. The fraction of sp³-hybridized carbons (Fsp3) is 0.143. The van der Waals surface area contributed by atoms with Crippen molar-refractivity contribution in [3.8, 4) is 17.2 Å². The van der Waals surface area contributed by atoms with E-state index in [4.69, 9.17) is 9.15 Å². The minimum absolute atomic E-state index is 0.0238. The van der Waals surface area contributed by atoms with Crippen LogP contribution in [0.2, 0.25) is 0 Å². The van der Waals surface area contributed by atoms with Gasteiger partial charge in [-0.05, 0) is 54.1 Å². The van der Waals surface area contributed by atoms with Crippen molar-refractivity contribution in [3.05, 3.63) is 118 Å². The molecular formula is C28H25N3O5. The molecule has 0 radical (unpaired) electrons. The fourth-order valence-electron chi connectivity index (χ4n) is 3.55. The lowest BCUT2D eigenvalue weighted by atomic mass is 10.1. The Morgan fingerprint density at radius 1 is 1.00 bits per heavy atom. The van der Waals surface area contributed by atoms with Crippen LogP contribution in [-0.2, 0) is 17.6 Å². The van der Waals surface area contributed by atoms with E-state index in [1.807, 2.05) is 37.3 Å². The van der Waals surface area contributed by atoms with Gasteiger partial charge in [0, 0.05) is 24.1 Å². The first-order valence-electron chi connectivity index (χ1n) is 11.4. The summed E-state index contributed by atoms with van der Waals surface area (Å²) in [6, 6.07) is 25.3. The van der Waals surface area contributed by atoms with Gasteiger partial charge < -0.3 is 19.6 Å². The third kappa shape index (κ3) is 6.24. The lowest BCUT2D eigenvalue weighted by molar-refractivity contribution is -0.113. The van der Waals surface area contributed by atoms with Crippen LogP contribution in [0.15, 0.2) is 106 Å². The van der Waals surface area contributed by atoms with E-state index < -0.39 is 17.4 Å². The molecule has 1 amide bonds. The molecule has 1 heterocycles. The van der Waals surface area contributed by atoms with Crippen molar-refractivity contribution in [3.63, 3.8) is 0 Å². The number of carbonyl (C=O) groups excluding carboxylic acids is 1. The number of benzene rings is 3. The quantitative estimate of drug-likeness (QED) is 0.163. The summed E-state index contributed by atoms with van der Waals surface area (Å²) >= 11 is 0. The number of carbonyl (C=O) groups is 1. The standard InChI is InChI=1S/C28H25N3O5/c1-19-24(30-28(36-19)21-8-4-2-5-9-21)16-17-35-23-14-12-20(13-15-23)18-25(32)26(31-34)27(33)29-22-10-6-3-7-11-22/h2-15,32H,16-18H2,1H3,(H,29,33)/b26-25+. The molecule has 0 unspecified atom stereocenters. The van der Waals surface area contributed by atoms with E-state index in [1.54, 1.807) is 54.6 Å². The summed E-state index contributed by atoms with van der Waals surface area (Å²) in [5.41, 5.74) is 2.38. The van der Waals surface area contributed by atoms with Gasteiger partial charge in [0.1, 0.15) is 17.3 Å². The zero-order valence-electron chi connectivity index (χ0n) is 19.7. The lowest BCUT2D eigenvalue weighted by Gasteiger charge is -2.08. The number of nitrogens with zero attached hydrogens (tertiary/aromatic N) is 2. The number of hydrogen-bond donors (Lipinski definition) is 2. The number of aliphatic hydroxyl groups is 1. The van der Waals surface area contributed by atoms with Crippen LogP contribution in [0.3, 0.4) is 0 Å². The first kappa shape index (κ1) is 24.4. The normalized spacial score (nSPS) is 11.5. The van der Waals surface area contributed by atoms with E-state index in [0.717, 1.165) is 17.0 Å². The van der Waals surface area contributed by atoms with Crippen LogP contribution in [0.4, 0.5) is 5.69 Å². The van der Waals surface area contributed by atoms with Gasteiger partial charge in [-0.1, -0.05) is 48.5 Å². The van der Waals surface area contributed by atoms with Crippen molar-refractivity contribution >= 4 is 11.6 Å². The van der Waals surface area contributed by atoms with E-state index >= 15 is 0 Å². The topological polar surface area (TPSA) is 114 Å². The third-order valence-electron chi connectivity index (χ3n) is 5.43. The number of nitroso groups, excluding NO2 is 1. The smallest absolute Gasteiger partial charge is 0.281 e. The number of aryl methyl sites for hydroxylation is 1. The maximum absolute atomic E-state index is 12.3. The van der Waals surface area contributed by atoms with Gasteiger partial charge in [-0.15, -0.1) is 4.91 Å². The number of nitrogens with one attached hydrogen (secondary N) is 1. The maximum Gasteiger partial charge on any atom is 0.281 e. The predicted molar refractivity (Wildman–Crippen MR) is 137 cm³/mol. The molecule has 0 bridgehead atoms. The average Bonchev–Trinajstić information content (AvgIpc) is 3.27. The van der Waals surface area contributed by atoms with Crippen LogP contribution in [-0.4, -0.2) is 22.6 Å². The molecule has 2 N–H and O–H groups in total. The van der Waals surface area contributed by atoms with Crippen molar-refractivity contribution in [1.29, 1.82) is 0 Å². The van der Waals surface area contributed by atoms with Gasteiger partial charge in [-0.25, -0.2) is 4.98 Å². The van der Waals surface area contributed by atoms with Gasteiger partial charge in [0.05, 0.1) is 12.3 Å². The predicted octanol–water partition coefficient (Wildman–Crippen LogP) is 5.99. The van der Waals surface area contributed by atoms with E-state index in [9.17, 15) is 14.8 Å². The van der Waals surface area contributed by atoms with Gasteiger partial charge in [0.2, 0.25) is 11.6 Å². The third-order valence-corrected chi connectivity index (χ3v) is 5.43. The van der Waals surface area contributed by atoms with Gasteiger partial charge >= 0.3 is 0 Å². The molecular weight excluding hydrogens is 458 g/mol. The van der Waals surface area contributed by atoms with Gasteiger partial charge in [-0.3, -0.25) is 4.79 Å². The zero-order chi connectivity index (χ0) is 25.3. The SMILES string of the molecule is Cc1oc(-c2ccccc2)nc1CCOc1ccc(C/C(O)=C(\N=O)C(=O)Nc2ccccc2)cc1. The highest BCUT2D eigenvalue weighted by atomic mass is 16.5. The number of allylic oxidation sites excluding steroid dienone is 1. The van der Waals surface area contributed by atoms with Crippen molar-refractivity contribution in [2.24, 2.45) is 5.18 Å². The number of oxazole rings is 1. The molecule has 36 heavy (non-hydrogen) atoms. The van der Waals surface area contributed by atoms with Crippen LogP contribution in [0.1, 0.15) is 17.0 Å². The van der Waals surface area contributed by atoms with Crippen LogP contribution in [0, 0.1) is 11.8 Å². The van der Waals surface area contributed by atoms with E-state index in [0.29, 0.717) is 35.9 Å². The Bertz CT molecular complexity index is 1350. The molecule has 0 aliphatic rings. The van der Waals surface area contributed by atoms with E-state index in [1.165, 1.54) is 0 Å². The number of amides is 1. The molecule has 0 aliphatic heterocycles. The molecule has 4 aromatic rings. The number of aromatic nitrogens is 1. The maximum atomic E-state index is 12.3. The monoisotopic (exact) mass is 483 g/mol. The number of para-hydroxylation sites is 1. The molecule has 8 heteroatoms. The number of aliphatic hydroxyl groups excluding tert-OH is 1. The summed E-state index contributed by atoms with van der Waals surface area (Å²) in [5.74, 6) is 0.796. The summed E-state index contributed by atoms with van der Waals surface area (Å²) in [7, 11) is 0. The average molecular weight is 484 g/mol. The van der Waals surface area contributed by atoms with Gasteiger partial charge in [0.25, 0.3) is 5.91 Å². The van der Waals surface area contributed by atoms with E-state index in [-0.39, 0.29) is 6.42 Å². The number of anilines is 1. The first-order chi connectivity index (χ1) is 17.5. The molecule has 0 atom stereocenters. The van der Waals surface area contributed by atoms with Crippen molar-refractivity contribution in [2.75, 3.05) is 11.9 Å². The highest BCUT2D eigenvalue weighted by Gasteiger charge is 2.17. The van der Waals surface area contributed by atoms with Gasteiger partial charge in [-0.2, -0.15) is 0 Å². The Morgan fingerprint density at radius 2 is 1.67 bits per heavy atom. The molecule has 182 valence electrons. The highest BCUT2D eigenvalue weighted by Crippen LogP contribution is 2.22. The van der Waals surface area contributed by atoms with E-state index in [2.05, 4.69) is 15.5 Å². The molecule has 0 saturated heterocycles. The first-order valence-corrected chi connectivity index (χ1v) is 11.4. The Kier molecular flexibility index (Phi) is 7.87. The second-order valence-electron chi connectivity index (χ2n) is 8.01. The minimum atomic E-state index is -0.771. The number of hydrogen-bond acceptors (Lipinski definition) is 7. The lowest BCUT2D eigenvalue weighted by Crippen LogP contribution is -2.15. The summed E-state index contributed by atoms with van der Waals surface area (Å²) in [6.07, 6.45) is 0.558. The largest absolute Gasteiger partial charge is 0.509 e. The van der Waals surface area contributed by atoms with Crippen LogP contribution >= 0.6 is 0 Å². The molecule has 8 nitrogen and oxygen atoms in total. The fourth-order valence-corrected chi connectivity index (χ4v) is 3.55. The zero-order valence-corrected chi connectivity index (χ0v) is 19.7. The van der Waals surface area contributed by atoms with Gasteiger partial charge in [0.15, 0.2) is 0 Å². The van der Waals surface area contributed by atoms with Crippen molar-refractivity contribution in [1.82, 2.24) is 4.98 Å². The van der Waals surface area contributed by atoms with Crippen LogP contribution in [0.5, 0.6) is 5.75 Å². The number of ether oxygens (including phenoxy) is 1. The summed E-state index contributed by atoms with van der Waals surface area (Å²) in [5, 5.41) is 15.6. The summed E-state index contributed by atoms with van der Waals surface area (Å²) < 4.78 is 11.6. The Balaban J connectivity index is 1.32. The van der Waals surface area contributed by atoms with Crippen LogP contribution < -0.4 is 10.1 Å². The molecule has 3 aromatic carbocycles. The Labute approximate surface area is 208 Å². The Morgan fingerprint density at radius 3 is 2.33 bits per heavy atom. The highest BCUT2D eigenvalue weighted by molar-refractivity contribution is 6.03. The summed E-state index contributed by atoms with van der Waals surface area (Å²) in [4.78, 5) is 28.1. The molecule has 1 aromatic heterocycles. The number of rotatable bonds is 10. The summed E-state index contributed by atoms with van der Waals surface area (Å²) in [6.45, 7) is 2.29. The molecule has 0 saturated carbocycles. The second-order valence-corrected chi connectivity index (χ2v) is 8.01. The molecule has 0 aliphatic carbocycles. The molecule has 4 rings (SSSR count). The molecule has 0 spiro atoms. The van der Waals surface area contributed by atoms with Crippen molar-refractivity contribution < 1.29 is 19.1 Å². The molecule has 0 fully saturated rings. The second kappa shape index (κ2) is 11.6.